The Morgan fingerprint density at radius 2 is 1.68 bits per heavy atom. The van der Waals surface area contributed by atoms with Crippen LogP contribution in [0.4, 0.5) is 8.78 Å². The molecule has 1 N–H and O–H groups in total. The van der Waals surface area contributed by atoms with E-state index in [2.05, 4.69) is 10.1 Å². The zero-order valence-corrected chi connectivity index (χ0v) is 11.2. The Morgan fingerprint density at radius 1 is 1.11 bits per heavy atom. The van der Waals surface area contributed by atoms with Crippen LogP contribution in [0, 0.1) is 0 Å². The van der Waals surface area contributed by atoms with Crippen molar-refractivity contribution in [2.24, 2.45) is 0 Å². The van der Waals surface area contributed by atoms with E-state index in [9.17, 15) is 8.78 Å². The van der Waals surface area contributed by atoms with E-state index in [1.807, 2.05) is 6.92 Å². The zero-order valence-electron chi connectivity index (χ0n) is 11.2. The Morgan fingerprint density at radius 3 is 2.16 bits per heavy atom. The first-order valence-corrected chi connectivity index (χ1v) is 5.90. The molecule has 0 amide bonds. The summed E-state index contributed by atoms with van der Waals surface area (Å²) in [5.74, 6) is 0.151. The minimum atomic E-state index is -2.80. The van der Waals surface area contributed by atoms with Crippen molar-refractivity contribution in [1.29, 1.82) is 0 Å². The molecule has 19 heavy (non-hydrogen) atoms. The van der Waals surface area contributed by atoms with E-state index >= 15 is 0 Å². The van der Waals surface area contributed by atoms with Crippen LogP contribution in [0.5, 0.6) is 5.75 Å². The van der Waals surface area contributed by atoms with Gasteiger partial charge in [-0.25, -0.2) is 0 Å². The molecule has 0 aromatic heterocycles. The van der Waals surface area contributed by atoms with Gasteiger partial charge in [-0.15, -0.1) is 0 Å². The van der Waals surface area contributed by atoms with Gasteiger partial charge in [0.2, 0.25) is 0 Å². The van der Waals surface area contributed by atoms with Crippen molar-refractivity contribution < 1.29 is 23.0 Å². The molecule has 1 aromatic carbocycles. The van der Waals surface area contributed by atoms with Crippen LogP contribution < -0.4 is 10.1 Å². The fourth-order valence-electron chi connectivity index (χ4n) is 1.59. The second-order valence-electron chi connectivity index (χ2n) is 3.98. The second-order valence-corrected chi connectivity index (χ2v) is 3.98. The summed E-state index contributed by atoms with van der Waals surface area (Å²) in [4.78, 5) is 0. The van der Waals surface area contributed by atoms with Crippen LogP contribution >= 0.6 is 0 Å². The normalized spacial score (nSPS) is 13.0. The molecule has 0 aliphatic carbocycles. The number of benzene rings is 1. The molecule has 0 radical (unpaired) electrons. The van der Waals surface area contributed by atoms with Gasteiger partial charge in [0, 0.05) is 26.8 Å². The fourth-order valence-corrected chi connectivity index (χ4v) is 1.59. The highest BCUT2D eigenvalue weighted by Gasteiger charge is 2.10. The lowest BCUT2D eigenvalue weighted by atomic mass is 10.1. The van der Waals surface area contributed by atoms with Crippen LogP contribution in [-0.2, 0) is 9.47 Å². The summed E-state index contributed by atoms with van der Waals surface area (Å²) in [6.45, 7) is -0.306. The molecular weight excluding hydrogens is 256 g/mol. The molecule has 0 heterocycles. The van der Waals surface area contributed by atoms with Crippen LogP contribution in [0.1, 0.15) is 18.5 Å². The monoisotopic (exact) mass is 275 g/mol. The molecule has 4 nitrogen and oxygen atoms in total. The third kappa shape index (κ3) is 5.50. The third-order valence-corrected chi connectivity index (χ3v) is 2.72. The van der Waals surface area contributed by atoms with Crippen molar-refractivity contribution in [2.45, 2.75) is 25.9 Å². The zero-order chi connectivity index (χ0) is 14.3. The maximum absolute atomic E-state index is 12.0. The standard InChI is InChI=1S/C13H19F2NO3/c1-9(16-8-12(17-2)18-3)10-4-6-11(7-5-10)19-13(14)15/h4-7,9,12-13,16H,8H2,1-3H3. The highest BCUT2D eigenvalue weighted by Crippen LogP contribution is 2.19. The Balaban J connectivity index is 2.50. The quantitative estimate of drug-likeness (QED) is 0.740. The number of ether oxygens (including phenoxy) is 3. The number of hydrogen-bond donors (Lipinski definition) is 1. The molecule has 1 aromatic rings. The maximum Gasteiger partial charge on any atom is 0.387 e. The van der Waals surface area contributed by atoms with Crippen molar-refractivity contribution >= 4 is 0 Å². The maximum atomic E-state index is 12.0. The lowest BCUT2D eigenvalue weighted by Gasteiger charge is -2.19. The number of nitrogens with one attached hydrogen (secondary N) is 1. The van der Waals surface area contributed by atoms with Gasteiger partial charge >= 0.3 is 6.61 Å². The molecule has 0 aliphatic rings. The van der Waals surface area contributed by atoms with Gasteiger partial charge in [-0.2, -0.15) is 8.78 Å². The first kappa shape index (κ1) is 15.8. The molecule has 1 atom stereocenters. The molecule has 0 aliphatic heterocycles. The summed E-state index contributed by atoms with van der Waals surface area (Å²) in [5.41, 5.74) is 0.965. The summed E-state index contributed by atoms with van der Waals surface area (Å²) in [6.07, 6.45) is -0.316. The molecule has 0 fully saturated rings. The molecule has 0 spiro atoms. The first-order chi connectivity index (χ1) is 9.06. The van der Waals surface area contributed by atoms with Crippen LogP contribution in [0.25, 0.3) is 0 Å². The molecule has 0 saturated carbocycles. The number of halogens is 2. The Bertz CT molecular complexity index is 355. The summed E-state index contributed by atoms with van der Waals surface area (Å²) >= 11 is 0. The average Bonchev–Trinajstić information content (AvgIpc) is 2.39. The number of methoxy groups -OCH3 is 2. The lowest BCUT2D eigenvalue weighted by Crippen LogP contribution is -2.31. The van der Waals surface area contributed by atoms with Crippen molar-refractivity contribution in [3.8, 4) is 5.75 Å². The van der Waals surface area contributed by atoms with Crippen molar-refractivity contribution in [2.75, 3.05) is 20.8 Å². The van der Waals surface area contributed by atoms with Gasteiger partial charge in [-0.05, 0) is 24.6 Å². The summed E-state index contributed by atoms with van der Waals surface area (Å²) in [7, 11) is 3.13. The highest BCUT2D eigenvalue weighted by atomic mass is 19.3. The number of rotatable bonds is 8. The predicted molar refractivity (Wildman–Crippen MR) is 67.3 cm³/mol. The van der Waals surface area contributed by atoms with Crippen LogP contribution in [0.3, 0.4) is 0 Å². The molecule has 1 unspecified atom stereocenters. The molecular formula is C13H19F2NO3. The predicted octanol–water partition coefficient (Wildman–Crippen LogP) is 2.56. The molecule has 108 valence electrons. The van der Waals surface area contributed by atoms with Gasteiger partial charge in [-0.1, -0.05) is 12.1 Å². The van der Waals surface area contributed by atoms with Crippen LogP contribution in [-0.4, -0.2) is 33.7 Å². The minimum absolute atomic E-state index is 0.0494. The molecule has 1 rings (SSSR count). The molecule has 0 saturated heterocycles. The second kappa shape index (κ2) is 8.04. The lowest BCUT2D eigenvalue weighted by molar-refractivity contribution is -0.0997. The number of alkyl halides is 2. The minimum Gasteiger partial charge on any atom is -0.435 e. The van der Waals surface area contributed by atoms with Crippen LogP contribution in [0.15, 0.2) is 24.3 Å². The largest absolute Gasteiger partial charge is 0.435 e. The van der Waals surface area contributed by atoms with E-state index in [4.69, 9.17) is 9.47 Å². The summed E-state index contributed by atoms with van der Waals surface area (Å²) < 4.78 is 38.4. The van der Waals surface area contributed by atoms with Gasteiger partial charge in [0.1, 0.15) is 5.75 Å². The SMILES string of the molecule is COC(CNC(C)c1ccc(OC(F)F)cc1)OC. The molecule has 0 bridgehead atoms. The first-order valence-electron chi connectivity index (χ1n) is 5.90. The topological polar surface area (TPSA) is 39.7 Å². The van der Waals surface area contributed by atoms with Gasteiger partial charge in [-0.3, -0.25) is 0 Å². The van der Waals surface area contributed by atoms with Gasteiger partial charge in [0.05, 0.1) is 0 Å². The van der Waals surface area contributed by atoms with Crippen LogP contribution in [0.2, 0.25) is 0 Å². The Hall–Kier alpha value is -1.24. The Labute approximate surface area is 111 Å². The smallest absolute Gasteiger partial charge is 0.387 e. The van der Waals surface area contributed by atoms with E-state index in [-0.39, 0.29) is 18.1 Å². The third-order valence-electron chi connectivity index (χ3n) is 2.72. The summed E-state index contributed by atoms with van der Waals surface area (Å²) in [6, 6.07) is 6.56. The van der Waals surface area contributed by atoms with Crippen molar-refractivity contribution in [3.05, 3.63) is 29.8 Å². The Kier molecular flexibility index (Phi) is 6.69. The molecule has 6 heteroatoms. The van der Waals surface area contributed by atoms with Crippen molar-refractivity contribution in [3.63, 3.8) is 0 Å². The fraction of sp³-hybridized carbons (Fsp3) is 0.538. The van der Waals surface area contributed by atoms with Crippen molar-refractivity contribution in [1.82, 2.24) is 5.32 Å². The van der Waals surface area contributed by atoms with Gasteiger partial charge in [0.25, 0.3) is 0 Å². The summed E-state index contributed by atoms with van der Waals surface area (Å²) in [5, 5.41) is 3.22. The number of hydrogen-bond acceptors (Lipinski definition) is 4. The van der Waals surface area contributed by atoms with E-state index in [1.165, 1.54) is 12.1 Å². The van der Waals surface area contributed by atoms with E-state index in [1.54, 1.807) is 26.4 Å². The average molecular weight is 275 g/mol. The highest BCUT2D eigenvalue weighted by molar-refractivity contribution is 5.28. The van der Waals surface area contributed by atoms with E-state index < -0.39 is 6.61 Å². The van der Waals surface area contributed by atoms with E-state index in [0.29, 0.717) is 6.54 Å². The van der Waals surface area contributed by atoms with Gasteiger partial charge < -0.3 is 19.5 Å². The van der Waals surface area contributed by atoms with Gasteiger partial charge in [0.15, 0.2) is 6.29 Å². The van der Waals surface area contributed by atoms with E-state index in [0.717, 1.165) is 5.56 Å².